The van der Waals surface area contributed by atoms with Gasteiger partial charge >= 0.3 is 0 Å². The standard InChI is InChI=1S/C12H14N2O2/c1-4-15-11-6-5-10(7-8(11)2)12-14-13-9(3)16-12/h5-7H,4H2,1-3H3. The summed E-state index contributed by atoms with van der Waals surface area (Å²) in [4.78, 5) is 0. The van der Waals surface area contributed by atoms with Crippen molar-refractivity contribution in [2.75, 3.05) is 6.61 Å². The molecule has 0 radical (unpaired) electrons. The molecule has 0 N–H and O–H groups in total. The third-order valence-electron chi connectivity index (χ3n) is 2.25. The summed E-state index contributed by atoms with van der Waals surface area (Å²) < 4.78 is 10.8. The van der Waals surface area contributed by atoms with Gasteiger partial charge < -0.3 is 9.15 Å². The second-order valence-electron chi connectivity index (χ2n) is 3.54. The molecule has 0 atom stereocenters. The number of benzene rings is 1. The monoisotopic (exact) mass is 218 g/mol. The Morgan fingerprint density at radius 1 is 1.25 bits per heavy atom. The largest absolute Gasteiger partial charge is 0.494 e. The quantitative estimate of drug-likeness (QED) is 0.794. The first-order valence-electron chi connectivity index (χ1n) is 5.24. The lowest BCUT2D eigenvalue weighted by atomic mass is 10.1. The van der Waals surface area contributed by atoms with Crippen LogP contribution in [0.25, 0.3) is 11.5 Å². The molecule has 2 rings (SSSR count). The highest BCUT2D eigenvalue weighted by Crippen LogP contribution is 2.25. The van der Waals surface area contributed by atoms with Crippen molar-refractivity contribution in [1.82, 2.24) is 10.2 Å². The van der Waals surface area contributed by atoms with Crippen molar-refractivity contribution >= 4 is 0 Å². The Morgan fingerprint density at radius 3 is 2.62 bits per heavy atom. The molecule has 1 aromatic carbocycles. The maximum atomic E-state index is 5.47. The van der Waals surface area contributed by atoms with Crippen LogP contribution in [0.5, 0.6) is 5.75 Å². The van der Waals surface area contributed by atoms with Crippen molar-refractivity contribution in [2.24, 2.45) is 0 Å². The summed E-state index contributed by atoms with van der Waals surface area (Å²) in [5.41, 5.74) is 1.98. The zero-order valence-electron chi connectivity index (χ0n) is 9.65. The molecule has 4 nitrogen and oxygen atoms in total. The number of rotatable bonds is 3. The smallest absolute Gasteiger partial charge is 0.247 e. The van der Waals surface area contributed by atoms with E-state index in [-0.39, 0.29) is 0 Å². The van der Waals surface area contributed by atoms with Crippen LogP contribution in [0, 0.1) is 13.8 Å². The van der Waals surface area contributed by atoms with Gasteiger partial charge in [-0.15, -0.1) is 10.2 Å². The van der Waals surface area contributed by atoms with Gasteiger partial charge in [-0.25, -0.2) is 0 Å². The van der Waals surface area contributed by atoms with Crippen molar-refractivity contribution in [3.63, 3.8) is 0 Å². The molecule has 0 aliphatic heterocycles. The van der Waals surface area contributed by atoms with Crippen molar-refractivity contribution in [3.8, 4) is 17.2 Å². The maximum Gasteiger partial charge on any atom is 0.247 e. The molecule has 0 fully saturated rings. The summed E-state index contributed by atoms with van der Waals surface area (Å²) in [5.74, 6) is 2.01. The Kier molecular flexibility index (Phi) is 2.90. The first kappa shape index (κ1) is 10.7. The molecule has 1 aromatic heterocycles. The highest BCUT2D eigenvalue weighted by molar-refractivity contribution is 5.56. The van der Waals surface area contributed by atoms with Gasteiger partial charge in [-0.1, -0.05) is 0 Å². The molecular weight excluding hydrogens is 204 g/mol. The molecule has 0 saturated heterocycles. The fourth-order valence-corrected chi connectivity index (χ4v) is 1.51. The molecular formula is C12H14N2O2. The first-order valence-corrected chi connectivity index (χ1v) is 5.24. The maximum absolute atomic E-state index is 5.47. The molecule has 1 heterocycles. The summed E-state index contributed by atoms with van der Waals surface area (Å²) in [6, 6.07) is 5.83. The molecule has 4 heteroatoms. The molecule has 16 heavy (non-hydrogen) atoms. The summed E-state index contributed by atoms with van der Waals surface area (Å²) >= 11 is 0. The van der Waals surface area contributed by atoms with Gasteiger partial charge in [0.25, 0.3) is 0 Å². The first-order chi connectivity index (χ1) is 7.70. The minimum atomic E-state index is 0.545. The van der Waals surface area contributed by atoms with E-state index in [9.17, 15) is 0 Å². The predicted octanol–water partition coefficient (Wildman–Crippen LogP) is 2.75. The lowest BCUT2D eigenvalue weighted by Gasteiger charge is -2.07. The van der Waals surface area contributed by atoms with Crippen LogP contribution < -0.4 is 4.74 Å². The summed E-state index contributed by atoms with van der Waals surface area (Å²) in [6.45, 7) is 6.41. The van der Waals surface area contributed by atoms with E-state index in [0.29, 0.717) is 18.4 Å². The van der Waals surface area contributed by atoms with E-state index in [1.165, 1.54) is 0 Å². The van der Waals surface area contributed by atoms with Crippen LogP contribution in [-0.2, 0) is 0 Å². The van der Waals surface area contributed by atoms with E-state index < -0.39 is 0 Å². The second kappa shape index (κ2) is 4.35. The molecule has 0 aliphatic rings. The van der Waals surface area contributed by atoms with Gasteiger partial charge in [-0.05, 0) is 37.6 Å². The fraction of sp³-hybridized carbons (Fsp3) is 0.333. The lowest BCUT2D eigenvalue weighted by Crippen LogP contribution is -1.94. The Balaban J connectivity index is 2.34. The van der Waals surface area contributed by atoms with Crippen molar-refractivity contribution in [2.45, 2.75) is 20.8 Å². The predicted molar refractivity (Wildman–Crippen MR) is 60.4 cm³/mol. The van der Waals surface area contributed by atoms with E-state index in [1.54, 1.807) is 6.92 Å². The molecule has 0 aliphatic carbocycles. The second-order valence-corrected chi connectivity index (χ2v) is 3.54. The Labute approximate surface area is 94.3 Å². The van der Waals surface area contributed by atoms with Gasteiger partial charge in [0.2, 0.25) is 11.8 Å². The Hall–Kier alpha value is -1.84. The van der Waals surface area contributed by atoms with Crippen LogP contribution >= 0.6 is 0 Å². The Bertz CT molecular complexity index is 492. The van der Waals surface area contributed by atoms with E-state index in [4.69, 9.17) is 9.15 Å². The van der Waals surface area contributed by atoms with Crippen molar-refractivity contribution < 1.29 is 9.15 Å². The molecule has 0 bridgehead atoms. The molecule has 0 unspecified atom stereocenters. The number of ether oxygens (including phenoxy) is 1. The molecule has 0 saturated carbocycles. The number of hydrogen-bond donors (Lipinski definition) is 0. The molecule has 84 valence electrons. The van der Waals surface area contributed by atoms with Crippen molar-refractivity contribution in [3.05, 3.63) is 29.7 Å². The van der Waals surface area contributed by atoms with E-state index in [0.717, 1.165) is 16.9 Å². The summed E-state index contributed by atoms with van der Waals surface area (Å²) in [7, 11) is 0. The minimum absolute atomic E-state index is 0.545. The minimum Gasteiger partial charge on any atom is -0.494 e. The zero-order valence-corrected chi connectivity index (χ0v) is 9.65. The lowest BCUT2D eigenvalue weighted by molar-refractivity contribution is 0.338. The van der Waals surface area contributed by atoms with E-state index in [1.807, 2.05) is 32.0 Å². The van der Waals surface area contributed by atoms with Gasteiger partial charge in [0.1, 0.15) is 5.75 Å². The van der Waals surface area contributed by atoms with Crippen LogP contribution in [0.3, 0.4) is 0 Å². The number of nitrogens with zero attached hydrogens (tertiary/aromatic N) is 2. The SMILES string of the molecule is CCOc1ccc(-c2nnc(C)o2)cc1C. The normalized spacial score (nSPS) is 10.4. The molecule has 0 spiro atoms. The van der Waals surface area contributed by atoms with Gasteiger partial charge in [-0.3, -0.25) is 0 Å². The van der Waals surface area contributed by atoms with E-state index >= 15 is 0 Å². The number of aryl methyl sites for hydroxylation is 2. The fourth-order valence-electron chi connectivity index (χ4n) is 1.51. The third-order valence-corrected chi connectivity index (χ3v) is 2.25. The van der Waals surface area contributed by atoms with Crippen LogP contribution in [0.2, 0.25) is 0 Å². The van der Waals surface area contributed by atoms with Gasteiger partial charge in [0.15, 0.2) is 0 Å². The molecule has 2 aromatic rings. The number of aromatic nitrogens is 2. The molecule has 0 amide bonds. The highest BCUT2D eigenvalue weighted by Gasteiger charge is 2.08. The average molecular weight is 218 g/mol. The van der Waals surface area contributed by atoms with Crippen LogP contribution in [0.1, 0.15) is 18.4 Å². The van der Waals surface area contributed by atoms with Crippen LogP contribution in [-0.4, -0.2) is 16.8 Å². The van der Waals surface area contributed by atoms with E-state index in [2.05, 4.69) is 10.2 Å². The zero-order chi connectivity index (χ0) is 11.5. The Morgan fingerprint density at radius 2 is 2.06 bits per heavy atom. The van der Waals surface area contributed by atoms with Gasteiger partial charge in [0.05, 0.1) is 6.61 Å². The van der Waals surface area contributed by atoms with Gasteiger partial charge in [-0.2, -0.15) is 0 Å². The van der Waals surface area contributed by atoms with Crippen LogP contribution in [0.15, 0.2) is 22.6 Å². The van der Waals surface area contributed by atoms with Gasteiger partial charge in [0, 0.05) is 12.5 Å². The summed E-state index contributed by atoms with van der Waals surface area (Å²) in [5, 5.41) is 7.78. The van der Waals surface area contributed by atoms with Crippen molar-refractivity contribution in [1.29, 1.82) is 0 Å². The average Bonchev–Trinajstić information content (AvgIpc) is 2.68. The third kappa shape index (κ3) is 2.05. The van der Waals surface area contributed by atoms with Crippen LogP contribution in [0.4, 0.5) is 0 Å². The topological polar surface area (TPSA) is 48.2 Å². The highest BCUT2D eigenvalue weighted by atomic mass is 16.5. The number of hydrogen-bond acceptors (Lipinski definition) is 4. The summed E-state index contributed by atoms with van der Waals surface area (Å²) in [6.07, 6.45) is 0.